The molecule has 2 aliphatic carbocycles. The van der Waals surface area contributed by atoms with Gasteiger partial charge in [-0.2, -0.15) is 5.10 Å². The predicted octanol–water partition coefficient (Wildman–Crippen LogP) is 3.00. The fourth-order valence-corrected chi connectivity index (χ4v) is 2.53. The number of hydrogen-bond donors (Lipinski definition) is 2. The van der Waals surface area contributed by atoms with Gasteiger partial charge in [-0.1, -0.05) is 11.6 Å². The highest BCUT2D eigenvalue weighted by Crippen LogP contribution is 2.43. The molecule has 0 radical (unpaired) electrons. The van der Waals surface area contributed by atoms with Crippen LogP contribution in [0.2, 0.25) is 5.02 Å². The first-order valence-electron chi connectivity index (χ1n) is 6.79. The summed E-state index contributed by atoms with van der Waals surface area (Å²) in [4.78, 5) is 12.4. The van der Waals surface area contributed by atoms with Crippen LogP contribution in [0.1, 0.15) is 29.6 Å². The molecule has 6 nitrogen and oxygen atoms in total. The van der Waals surface area contributed by atoms with Crippen LogP contribution in [0.25, 0.3) is 0 Å². The standard InChI is InChI=1S/C14H15ClN4O2/c15-11-5-7(1-4-12(11)21-8-2-3-8)13(20)9-6-10(9)14(18-16)19-17/h1,4-5,8-10,16H,2-3,6,17H2/t9-,10-/m0/s1. The minimum absolute atomic E-state index is 0.0235. The van der Waals surface area contributed by atoms with Gasteiger partial charge in [-0.25, -0.2) is 5.53 Å². The number of Topliss-reactive ketones (excluding diaryl/α,β-unsaturated/α-hetero) is 1. The van der Waals surface area contributed by atoms with E-state index in [9.17, 15) is 4.79 Å². The lowest BCUT2D eigenvalue weighted by Gasteiger charge is -2.08. The van der Waals surface area contributed by atoms with E-state index in [2.05, 4.69) is 10.2 Å². The number of hydrazone groups is 1. The minimum Gasteiger partial charge on any atom is -0.489 e. The van der Waals surface area contributed by atoms with Crippen LogP contribution in [0.5, 0.6) is 5.75 Å². The van der Waals surface area contributed by atoms with E-state index in [1.807, 2.05) is 0 Å². The van der Waals surface area contributed by atoms with Crippen molar-refractivity contribution in [3.8, 4) is 5.75 Å². The molecule has 3 N–H and O–H groups in total. The van der Waals surface area contributed by atoms with E-state index < -0.39 is 0 Å². The van der Waals surface area contributed by atoms with Crippen molar-refractivity contribution in [2.75, 3.05) is 0 Å². The molecule has 2 atom stereocenters. The lowest BCUT2D eigenvalue weighted by molar-refractivity contribution is 0.0964. The third-order valence-corrected chi connectivity index (χ3v) is 4.04. The van der Waals surface area contributed by atoms with E-state index in [1.54, 1.807) is 18.2 Å². The molecule has 0 saturated heterocycles. The average Bonchev–Trinajstić information content (AvgIpc) is 3.36. The number of ether oxygens (including phenoxy) is 1. The molecular formula is C14H15ClN4O2. The van der Waals surface area contributed by atoms with Gasteiger partial charge in [0.25, 0.3) is 0 Å². The Morgan fingerprint density at radius 3 is 2.71 bits per heavy atom. The van der Waals surface area contributed by atoms with Gasteiger partial charge in [-0.3, -0.25) is 4.79 Å². The van der Waals surface area contributed by atoms with Crippen LogP contribution in [0, 0.1) is 17.4 Å². The highest BCUT2D eigenvalue weighted by Gasteiger charge is 2.47. The number of amidine groups is 1. The Kier molecular flexibility index (Phi) is 3.63. The third-order valence-electron chi connectivity index (χ3n) is 3.74. The number of benzene rings is 1. The molecule has 7 heteroatoms. The second kappa shape index (κ2) is 5.44. The second-order valence-corrected chi connectivity index (χ2v) is 5.78. The Morgan fingerprint density at radius 2 is 2.14 bits per heavy atom. The van der Waals surface area contributed by atoms with Crippen LogP contribution < -0.4 is 10.6 Å². The molecule has 2 fully saturated rings. The fraction of sp³-hybridized carbons (Fsp3) is 0.429. The maximum absolute atomic E-state index is 12.4. The van der Waals surface area contributed by atoms with E-state index >= 15 is 0 Å². The van der Waals surface area contributed by atoms with Gasteiger partial charge in [0.05, 0.1) is 11.1 Å². The molecule has 0 bridgehead atoms. The Bertz CT molecular complexity index is 627. The van der Waals surface area contributed by atoms with Crippen LogP contribution in [0.3, 0.4) is 0 Å². The molecule has 0 spiro atoms. The molecule has 21 heavy (non-hydrogen) atoms. The summed E-state index contributed by atoms with van der Waals surface area (Å²) < 4.78 is 5.64. The number of nitrogens with zero attached hydrogens (tertiary/aromatic N) is 2. The topological polar surface area (TPSA) is 101 Å². The summed E-state index contributed by atoms with van der Waals surface area (Å²) in [5.74, 6) is 5.59. The summed E-state index contributed by atoms with van der Waals surface area (Å²) in [6.45, 7) is 0. The van der Waals surface area contributed by atoms with Crippen molar-refractivity contribution in [3.05, 3.63) is 28.8 Å². The van der Waals surface area contributed by atoms with Gasteiger partial charge < -0.3 is 10.6 Å². The zero-order valence-electron chi connectivity index (χ0n) is 11.3. The molecule has 0 aromatic heterocycles. The van der Waals surface area contributed by atoms with Crippen molar-refractivity contribution < 1.29 is 9.53 Å². The highest BCUT2D eigenvalue weighted by molar-refractivity contribution is 6.32. The Hall–Kier alpha value is -1.95. The van der Waals surface area contributed by atoms with Crippen LogP contribution in [-0.4, -0.2) is 17.7 Å². The Morgan fingerprint density at radius 1 is 1.38 bits per heavy atom. The Balaban J connectivity index is 1.71. The lowest BCUT2D eigenvalue weighted by Crippen LogP contribution is -2.09. The molecule has 0 heterocycles. The first-order chi connectivity index (χ1) is 10.1. The molecule has 3 rings (SSSR count). The number of nitrogens with one attached hydrogen (secondary N) is 1. The molecule has 0 unspecified atom stereocenters. The third kappa shape index (κ3) is 2.90. The van der Waals surface area contributed by atoms with Crippen LogP contribution >= 0.6 is 11.6 Å². The van der Waals surface area contributed by atoms with Crippen molar-refractivity contribution in [1.29, 1.82) is 5.53 Å². The number of carbonyl (C=O) groups excluding carboxylic acids is 1. The van der Waals surface area contributed by atoms with E-state index in [0.717, 1.165) is 12.8 Å². The van der Waals surface area contributed by atoms with E-state index in [1.165, 1.54) is 0 Å². The van der Waals surface area contributed by atoms with E-state index in [-0.39, 0.29) is 29.6 Å². The predicted molar refractivity (Wildman–Crippen MR) is 77.8 cm³/mol. The van der Waals surface area contributed by atoms with Crippen molar-refractivity contribution in [3.63, 3.8) is 0 Å². The van der Waals surface area contributed by atoms with Crippen LogP contribution in [0.15, 0.2) is 28.4 Å². The number of carbonyl (C=O) groups is 1. The van der Waals surface area contributed by atoms with Crippen LogP contribution in [0.4, 0.5) is 0 Å². The smallest absolute Gasteiger partial charge is 0.173 e. The summed E-state index contributed by atoms with van der Waals surface area (Å²) >= 11 is 6.15. The molecule has 2 saturated carbocycles. The van der Waals surface area contributed by atoms with Gasteiger partial charge in [-0.05, 0) is 37.5 Å². The monoisotopic (exact) mass is 306 g/mol. The fourth-order valence-electron chi connectivity index (χ4n) is 2.31. The highest BCUT2D eigenvalue weighted by atomic mass is 35.5. The quantitative estimate of drug-likeness (QED) is 0.218. The molecule has 110 valence electrons. The summed E-state index contributed by atoms with van der Waals surface area (Å²) in [6, 6.07) is 5.09. The maximum Gasteiger partial charge on any atom is 0.173 e. The molecule has 0 aliphatic heterocycles. The largest absolute Gasteiger partial charge is 0.489 e. The van der Waals surface area contributed by atoms with Crippen LogP contribution in [-0.2, 0) is 0 Å². The second-order valence-electron chi connectivity index (χ2n) is 5.37. The number of ketones is 1. The van der Waals surface area contributed by atoms with E-state index in [4.69, 9.17) is 27.7 Å². The number of rotatable bonds is 5. The number of nitrogens with two attached hydrogens (primary N) is 1. The molecule has 1 aromatic rings. The summed E-state index contributed by atoms with van der Waals surface area (Å²) in [5, 5.41) is 7.12. The normalized spacial score (nSPS) is 24.5. The lowest BCUT2D eigenvalue weighted by atomic mass is 10.1. The molecule has 2 aliphatic rings. The van der Waals surface area contributed by atoms with Gasteiger partial charge in [0.2, 0.25) is 0 Å². The van der Waals surface area contributed by atoms with Crippen molar-refractivity contribution in [2.45, 2.75) is 25.4 Å². The zero-order valence-corrected chi connectivity index (χ0v) is 12.0. The number of halogens is 1. The van der Waals surface area contributed by atoms with E-state index in [0.29, 0.717) is 22.8 Å². The Labute approximate surface area is 126 Å². The van der Waals surface area contributed by atoms with Crippen molar-refractivity contribution in [2.24, 2.45) is 27.9 Å². The average molecular weight is 307 g/mol. The SMILES string of the molecule is N=NC(=NN)[C@H]1C[C@@H]1C(=O)c1ccc(OC2CC2)c(Cl)c1. The van der Waals surface area contributed by atoms with Gasteiger partial charge in [0.1, 0.15) is 5.75 Å². The molecular weight excluding hydrogens is 292 g/mol. The van der Waals surface area contributed by atoms with Gasteiger partial charge in [0.15, 0.2) is 11.6 Å². The molecule has 1 aromatic carbocycles. The first-order valence-corrected chi connectivity index (χ1v) is 7.17. The van der Waals surface area contributed by atoms with Crippen molar-refractivity contribution >= 4 is 23.2 Å². The van der Waals surface area contributed by atoms with Crippen molar-refractivity contribution in [1.82, 2.24) is 0 Å². The van der Waals surface area contributed by atoms with Gasteiger partial charge >= 0.3 is 0 Å². The molecule has 0 amide bonds. The zero-order chi connectivity index (χ0) is 15.0. The number of hydrogen-bond acceptors (Lipinski definition) is 5. The first kappa shape index (κ1) is 14.0. The maximum atomic E-state index is 12.4. The minimum atomic E-state index is -0.215. The van der Waals surface area contributed by atoms with Gasteiger partial charge in [-0.15, -0.1) is 5.11 Å². The summed E-state index contributed by atoms with van der Waals surface area (Å²) in [6.07, 6.45) is 2.99. The van der Waals surface area contributed by atoms with Gasteiger partial charge in [0, 0.05) is 17.4 Å². The summed E-state index contributed by atoms with van der Waals surface area (Å²) in [5.41, 5.74) is 7.50. The summed E-state index contributed by atoms with van der Waals surface area (Å²) in [7, 11) is 0.